The number of benzene rings is 1. The molecule has 5 rings (SSSR count). The van der Waals surface area contributed by atoms with Gasteiger partial charge in [-0.05, 0) is 42.5 Å². The standard InChI is InChI=1S/C26H27F2N7/c1-15-22(10-18-13-35(3)7-5-21(18)32-15)34-25-30-6-4-20(33-25)16-8-17(12-29)24-19(9-16)26(2,14-31-24)11-23(27)28/h4,6,8-10,23,31-32H,1,5,7,11,13-14H2,2-3H3,(H,30,33,34). The van der Waals surface area contributed by atoms with E-state index in [0.29, 0.717) is 40.6 Å². The Hall–Kier alpha value is -3.77. The van der Waals surface area contributed by atoms with Crippen molar-refractivity contribution in [2.45, 2.75) is 31.6 Å². The number of halogens is 2. The number of nitrogens with zero attached hydrogens (tertiary/aromatic N) is 4. The summed E-state index contributed by atoms with van der Waals surface area (Å²) in [5.74, 6) is 0.386. The SMILES string of the molecule is C=C1NC2=C(C=C1Nc1nccc(-c3cc(C#N)c4c(c3)C(C)(CC(F)F)CN4)n1)CN(C)CC2. The van der Waals surface area contributed by atoms with E-state index >= 15 is 0 Å². The van der Waals surface area contributed by atoms with E-state index in [0.717, 1.165) is 30.9 Å². The van der Waals surface area contributed by atoms with Crippen LogP contribution in [-0.4, -0.2) is 48.0 Å². The van der Waals surface area contributed by atoms with E-state index in [9.17, 15) is 14.0 Å². The van der Waals surface area contributed by atoms with E-state index in [1.54, 1.807) is 25.3 Å². The zero-order chi connectivity index (χ0) is 24.7. The number of dihydropyridines is 1. The maximum absolute atomic E-state index is 13.3. The third-order valence-corrected chi connectivity index (χ3v) is 6.88. The number of likely N-dealkylation sites (N-methyl/N-ethyl adjacent to an activating group) is 1. The number of nitrogens with one attached hydrogen (secondary N) is 3. The number of hydrogen-bond acceptors (Lipinski definition) is 7. The molecule has 1 aromatic carbocycles. The van der Waals surface area contributed by atoms with Crippen LogP contribution in [0.3, 0.4) is 0 Å². The van der Waals surface area contributed by atoms with Gasteiger partial charge in [0.25, 0.3) is 0 Å². The van der Waals surface area contributed by atoms with Gasteiger partial charge in [0.05, 0.1) is 28.3 Å². The molecule has 7 nitrogen and oxygen atoms in total. The fourth-order valence-corrected chi connectivity index (χ4v) is 4.97. The highest BCUT2D eigenvalue weighted by molar-refractivity contribution is 5.76. The Labute approximate surface area is 203 Å². The number of rotatable bonds is 5. The Bertz CT molecular complexity index is 1310. The second kappa shape index (κ2) is 8.78. The topological polar surface area (TPSA) is 88.9 Å². The molecule has 3 aliphatic heterocycles. The largest absolute Gasteiger partial charge is 0.383 e. The molecule has 0 amide bonds. The number of hydrogen-bond donors (Lipinski definition) is 3. The summed E-state index contributed by atoms with van der Waals surface area (Å²) in [6, 6.07) is 7.55. The van der Waals surface area contributed by atoms with E-state index in [1.807, 2.05) is 6.07 Å². The second-order valence-corrected chi connectivity index (χ2v) is 9.61. The summed E-state index contributed by atoms with van der Waals surface area (Å²) in [6.07, 6.45) is 1.93. The van der Waals surface area contributed by atoms with Gasteiger partial charge in [-0.1, -0.05) is 13.5 Å². The Kier molecular flexibility index (Phi) is 5.77. The quantitative estimate of drug-likeness (QED) is 0.592. The zero-order valence-electron chi connectivity index (χ0n) is 19.8. The van der Waals surface area contributed by atoms with E-state index in [4.69, 9.17) is 0 Å². The summed E-state index contributed by atoms with van der Waals surface area (Å²) in [5.41, 5.74) is 6.20. The first-order valence-electron chi connectivity index (χ1n) is 11.6. The summed E-state index contributed by atoms with van der Waals surface area (Å²) in [7, 11) is 2.09. The van der Waals surface area contributed by atoms with Crippen LogP contribution < -0.4 is 16.0 Å². The van der Waals surface area contributed by atoms with Crippen molar-refractivity contribution in [2.24, 2.45) is 0 Å². The number of alkyl halides is 2. The normalized spacial score (nSPS) is 21.6. The lowest BCUT2D eigenvalue weighted by atomic mass is 9.80. The van der Waals surface area contributed by atoms with Crippen LogP contribution >= 0.6 is 0 Å². The minimum absolute atomic E-state index is 0.284. The van der Waals surface area contributed by atoms with Crippen LogP contribution in [0.5, 0.6) is 0 Å². The maximum Gasteiger partial charge on any atom is 0.239 e. The highest BCUT2D eigenvalue weighted by atomic mass is 19.3. The van der Waals surface area contributed by atoms with Crippen LogP contribution in [-0.2, 0) is 5.41 Å². The van der Waals surface area contributed by atoms with Crippen LogP contribution in [0.15, 0.2) is 59.7 Å². The van der Waals surface area contributed by atoms with Crippen molar-refractivity contribution in [3.05, 3.63) is 70.8 Å². The molecule has 9 heteroatoms. The van der Waals surface area contributed by atoms with Crippen molar-refractivity contribution in [3.8, 4) is 17.3 Å². The molecule has 0 aliphatic carbocycles. The molecule has 0 radical (unpaired) electrons. The fourth-order valence-electron chi connectivity index (χ4n) is 4.97. The molecule has 3 aliphatic rings. The molecular formula is C26H27F2N7. The van der Waals surface area contributed by atoms with Crippen molar-refractivity contribution >= 4 is 11.6 Å². The smallest absolute Gasteiger partial charge is 0.239 e. The molecule has 0 spiro atoms. The first-order chi connectivity index (χ1) is 16.8. The third kappa shape index (κ3) is 4.37. The van der Waals surface area contributed by atoms with E-state index in [2.05, 4.69) is 56.6 Å². The first kappa shape index (κ1) is 23.0. The van der Waals surface area contributed by atoms with Gasteiger partial charge in [-0.2, -0.15) is 5.26 Å². The van der Waals surface area contributed by atoms with Crippen molar-refractivity contribution in [1.82, 2.24) is 20.2 Å². The van der Waals surface area contributed by atoms with Crippen LogP contribution in [0, 0.1) is 11.3 Å². The van der Waals surface area contributed by atoms with Gasteiger partial charge in [-0.15, -0.1) is 0 Å². The molecule has 4 heterocycles. The predicted molar refractivity (Wildman–Crippen MR) is 132 cm³/mol. The third-order valence-electron chi connectivity index (χ3n) is 6.88. The van der Waals surface area contributed by atoms with Crippen LogP contribution in [0.2, 0.25) is 0 Å². The van der Waals surface area contributed by atoms with Crippen molar-refractivity contribution in [3.63, 3.8) is 0 Å². The molecule has 1 unspecified atom stereocenters. The van der Waals surface area contributed by atoms with E-state index in [-0.39, 0.29) is 6.42 Å². The van der Waals surface area contributed by atoms with Gasteiger partial charge in [-0.3, -0.25) is 0 Å². The molecular weight excluding hydrogens is 448 g/mol. The highest BCUT2D eigenvalue weighted by Crippen LogP contribution is 2.44. The molecule has 35 heavy (non-hydrogen) atoms. The highest BCUT2D eigenvalue weighted by Gasteiger charge is 2.38. The minimum Gasteiger partial charge on any atom is -0.383 e. The molecule has 0 saturated carbocycles. The lowest BCUT2D eigenvalue weighted by Crippen LogP contribution is -2.34. The summed E-state index contributed by atoms with van der Waals surface area (Å²) < 4.78 is 26.6. The van der Waals surface area contributed by atoms with E-state index < -0.39 is 11.8 Å². The van der Waals surface area contributed by atoms with Crippen LogP contribution in [0.4, 0.5) is 20.4 Å². The molecule has 0 bridgehead atoms. The minimum atomic E-state index is -2.44. The molecule has 2 aromatic rings. The zero-order valence-corrected chi connectivity index (χ0v) is 19.8. The van der Waals surface area contributed by atoms with Gasteiger partial charge in [0.1, 0.15) is 6.07 Å². The number of fused-ring (bicyclic) bond motifs is 1. The summed E-state index contributed by atoms with van der Waals surface area (Å²) in [5, 5.41) is 19.5. The Morgan fingerprint density at radius 1 is 1.37 bits per heavy atom. The summed E-state index contributed by atoms with van der Waals surface area (Å²) in [4.78, 5) is 11.3. The van der Waals surface area contributed by atoms with Crippen molar-refractivity contribution in [2.75, 3.05) is 37.3 Å². The number of nitriles is 1. The monoisotopic (exact) mass is 475 g/mol. The number of aromatic nitrogens is 2. The van der Waals surface area contributed by atoms with Gasteiger partial charge in [0, 0.05) is 55.3 Å². The molecule has 1 aromatic heterocycles. The molecule has 3 N–H and O–H groups in total. The van der Waals surface area contributed by atoms with Gasteiger partial charge >= 0.3 is 0 Å². The fraction of sp³-hybridized carbons (Fsp3) is 0.346. The average molecular weight is 476 g/mol. The Morgan fingerprint density at radius 2 is 2.20 bits per heavy atom. The second-order valence-electron chi connectivity index (χ2n) is 9.61. The van der Waals surface area contributed by atoms with Crippen LogP contribution in [0.25, 0.3) is 11.3 Å². The predicted octanol–water partition coefficient (Wildman–Crippen LogP) is 4.36. The first-order valence-corrected chi connectivity index (χ1v) is 11.6. The molecule has 0 saturated heterocycles. The Morgan fingerprint density at radius 3 is 2.97 bits per heavy atom. The Balaban J connectivity index is 1.47. The van der Waals surface area contributed by atoms with Crippen molar-refractivity contribution < 1.29 is 8.78 Å². The molecule has 1 atom stereocenters. The number of anilines is 2. The van der Waals surface area contributed by atoms with Gasteiger partial charge in [0.2, 0.25) is 12.4 Å². The van der Waals surface area contributed by atoms with Crippen molar-refractivity contribution in [1.29, 1.82) is 5.26 Å². The van der Waals surface area contributed by atoms with Gasteiger partial charge in [0.15, 0.2) is 0 Å². The molecule has 180 valence electrons. The summed E-state index contributed by atoms with van der Waals surface area (Å²) >= 11 is 0. The van der Waals surface area contributed by atoms with Gasteiger partial charge < -0.3 is 20.9 Å². The van der Waals surface area contributed by atoms with E-state index in [1.165, 1.54) is 11.3 Å². The maximum atomic E-state index is 13.3. The lowest BCUT2D eigenvalue weighted by molar-refractivity contribution is 0.111. The van der Waals surface area contributed by atoms with Gasteiger partial charge in [-0.25, -0.2) is 18.7 Å². The summed E-state index contributed by atoms with van der Waals surface area (Å²) in [6.45, 7) is 8.14. The molecule has 0 fully saturated rings. The van der Waals surface area contributed by atoms with Crippen LogP contribution in [0.1, 0.15) is 30.9 Å². The average Bonchev–Trinajstić information content (AvgIpc) is 3.15. The lowest BCUT2D eigenvalue weighted by Gasteiger charge is -2.31.